The smallest absolute Gasteiger partial charge is 0.164 e. The maximum Gasteiger partial charge on any atom is 0.164 e. The second-order valence-corrected chi connectivity index (χ2v) is 31.8. The fourth-order valence-corrected chi connectivity index (χ4v) is 13.3. The molecule has 0 saturated carbocycles. The number of aromatic nitrogens is 8. The third-order valence-electron chi connectivity index (χ3n) is 19.3. The standard InChI is InChI=1S/C92H86N8/c1-88(2,3)67-45-36-61(37-46-67)83-95-81(96-84(99-83)62-38-47-68(48-39-62)89(4,5)6)59-32-28-57(29-33-59)71-22-16-18-24-73(71)79-75-26-20-21-27-76(75)80(78-54-65(44-53-77(78)79)66-55-93-87(94-56-66)92(13,14)15)74-25-19-17-23-72(74)58-30-34-60(35-31-58)82-97-85(63-40-49-69(50-41-63)90(7,8)9)100-86(98-82)64-42-51-70(52-43-64)91(10,11)12/h16-56H,1-15H3. The zero-order valence-corrected chi connectivity index (χ0v) is 60.2. The second-order valence-electron chi connectivity index (χ2n) is 31.8. The van der Waals surface area contributed by atoms with Crippen molar-refractivity contribution in [3.63, 3.8) is 0 Å². The number of fused-ring (bicyclic) bond motifs is 2. The van der Waals surface area contributed by atoms with E-state index in [-0.39, 0.29) is 27.1 Å². The summed E-state index contributed by atoms with van der Waals surface area (Å²) in [6.45, 7) is 33.3. The lowest BCUT2D eigenvalue weighted by molar-refractivity contribution is 0.545. The van der Waals surface area contributed by atoms with Gasteiger partial charge in [0.1, 0.15) is 5.82 Å². The number of hydrogen-bond acceptors (Lipinski definition) is 8. The summed E-state index contributed by atoms with van der Waals surface area (Å²) in [5.74, 6) is 4.54. The van der Waals surface area contributed by atoms with Gasteiger partial charge in [-0.1, -0.05) is 334 Å². The van der Waals surface area contributed by atoms with Gasteiger partial charge >= 0.3 is 0 Å². The fraction of sp³-hybridized carbons (Fsp3) is 0.217. The van der Waals surface area contributed by atoms with Crippen molar-refractivity contribution >= 4 is 21.5 Å². The average Bonchev–Trinajstić information content (AvgIpc) is 0.724. The Morgan fingerprint density at radius 2 is 0.440 bits per heavy atom. The molecule has 0 amide bonds. The summed E-state index contributed by atoms with van der Waals surface area (Å²) in [7, 11) is 0. The largest absolute Gasteiger partial charge is 0.240 e. The van der Waals surface area contributed by atoms with Gasteiger partial charge in [-0.15, -0.1) is 0 Å². The van der Waals surface area contributed by atoms with Crippen LogP contribution in [0.2, 0.25) is 0 Å². The molecule has 8 heteroatoms. The van der Waals surface area contributed by atoms with Crippen LogP contribution >= 0.6 is 0 Å². The Morgan fingerprint density at radius 1 is 0.200 bits per heavy atom. The van der Waals surface area contributed by atoms with Crippen LogP contribution in [0.1, 0.15) is 132 Å². The molecule has 0 unspecified atom stereocenters. The summed E-state index contributed by atoms with van der Waals surface area (Å²) in [5, 5.41) is 4.51. The van der Waals surface area contributed by atoms with Crippen molar-refractivity contribution in [1.29, 1.82) is 0 Å². The molecular weight excluding hydrogens is 1220 g/mol. The lowest BCUT2D eigenvalue weighted by Crippen LogP contribution is -2.15. The van der Waals surface area contributed by atoms with Crippen LogP contribution < -0.4 is 0 Å². The quantitative estimate of drug-likeness (QED) is 0.118. The van der Waals surface area contributed by atoms with Crippen molar-refractivity contribution in [1.82, 2.24) is 39.9 Å². The van der Waals surface area contributed by atoms with E-state index in [1.165, 1.54) is 22.3 Å². The van der Waals surface area contributed by atoms with Gasteiger partial charge in [0.05, 0.1) is 0 Å². The SMILES string of the molecule is CC(C)(C)c1ccc(-c2nc(-c3ccc(-c4ccccc4-c4c5ccccc5c(-c5ccccc5-c5ccc(-c6nc(-c7ccc(C(C)(C)C)cc7)nc(-c7ccc(C(C)(C)C)cc7)n6)cc5)c5cc(-c6cnc(C(C)(C)C)nc6)ccc45)cc3)nc(-c3ccc(C(C)(C)C)cc3)n2)cc1. The number of rotatable bonds is 11. The van der Waals surface area contributed by atoms with Crippen LogP contribution in [0.3, 0.4) is 0 Å². The minimum Gasteiger partial charge on any atom is -0.240 e. The normalized spacial score (nSPS) is 12.3. The van der Waals surface area contributed by atoms with Crippen LogP contribution in [0.4, 0.5) is 0 Å². The minimum atomic E-state index is -0.202. The molecule has 0 aliphatic heterocycles. The zero-order valence-electron chi connectivity index (χ0n) is 60.2. The van der Waals surface area contributed by atoms with E-state index in [4.69, 9.17) is 39.9 Å². The molecule has 0 atom stereocenters. The summed E-state index contributed by atoms with van der Waals surface area (Å²) < 4.78 is 0. The van der Waals surface area contributed by atoms with E-state index < -0.39 is 0 Å². The van der Waals surface area contributed by atoms with Crippen molar-refractivity contribution in [2.45, 2.75) is 131 Å². The van der Waals surface area contributed by atoms with Crippen molar-refractivity contribution < 1.29 is 0 Å². The van der Waals surface area contributed by atoms with E-state index in [0.717, 1.165) is 116 Å². The molecule has 0 saturated heterocycles. The lowest BCUT2D eigenvalue weighted by Gasteiger charge is -2.22. The van der Waals surface area contributed by atoms with Crippen molar-refractivity contribution in [2.24, 2.45) is 0 Å². The van der Waals surface area contributed by atoms with Crippen molar-refractivity contribution in [3.05, 3.63) is 277 Å². The Kier molecular flexibility index (Phi) is 17.0. The van der Waals surface area contributed by atoms with E-state index in [1.807, 2.05) is 12.4 Å². The van der Waals surface area contributed by atoms with Crippen molar-refractivity contribution in [2.75, 3.05) is 0 Å². The van der Waals surface area contributed by atoms with E-state index in [9.17, 15) is 0 Å². The molecule has 0 fully saturated rings. The number of benzene rings is 11. The predicted molar refractivity (Wildman–Crippen MR) is 417 cm³/mol. The van der Waals surface area contributed by atoms with Gasteiger partial charge in [-0.05, 0) is 122 Å². The Bertz CT molecular complexity index is 5200. The molecule has 0 aliphatic rings. The highest BCUT2D eigenvalue weighted by atomic mass is 15.0. The summed E-state index contributed by atoms with van der Waals surface area (Å²) in [4.78, 5) is 41.0. The summed E-state index contributed by atoms with van der Waals surface area (Å²) in [5.41, 5.74) is 21.2. The predicted octanol–water partition coefficient (Wildman–Crippen LogP) is 24.0. The van der Waals surface area contributed by atoms with Gasteiger partial charge in [0.15, 0.2) is 34.9 Å². The molecule has 14 aromatic rings. The topological polar surface area (TPSA) is 103 Å². The van der Waals surface area contributed by atoms with Crippen LogP contribution in [0, 0.1) is 0 Å². The highest BCUT2D eigenvalue weighted by molar-refractivity contribution is 6.24. The van der Waals surface area contributed by atoms with Crippen LogP contribution in [-0.2, 0) is 27.1 Å². The average molecular weight is 1300 g/mol. The van der Waals surface area contributed by atoms with Crippen LogP contribution in [0.5, 0.6) is 0 Å². The van der Waals surface area contributed by atoms with Gasteiger partial charge in [-0.2, -0.15) is 0 Å². The molecule has 3 aromatic heterocycles. The van der Waals surface area contributed by atoms with E-state index in [0.29, 0.717) is 34.9 Å². The number of nitrogens with zero attached hydrogens (tertiary/aromatic N) is 8. The van der Waals surface area contributed by atoms with Crippen LogP contribution in [-0.4, -0.2) is 39.9 Å². The van der Waals surface area contributed by atoms with Crippen LogP contribution in [0.25, 0.3) is 146 Å². The fourth-order valence-electron chi connectivity index (χ4n) is 13.3. The molecule has 11 aromatic carbocycles. The Balaban J connectivity index is 0.889. The molecule has 0 radical (unpaired) electrons. The molecule has 0 N–H and O–H groups in total. The molecule has 0 aliphatic carbocycles. The number of hydrogen-bond donors (Lipinski definition) is 0. The van der Waals surface area contributed by atoms with Gasteiger partial charge in [0, 0.05) is 56.8 Å². The molecular formula is C92H86N8. The summed E-state index contributed by atoms with van der Waals surface area (Å²) in [6.07, 6.45) is 3.95. The second kappa shape index (κ2) is 25.7. The first-order chi connectivity index (χ1) is 47.7. The van der Waals surface area contributed by atoms with E-state index >= 15 is 0 Å². The molecule has 3 heterocycles. The third kappa shape index (κ3) is 13.4. The third-order valence-corrected chi connectivity index (χ3v) is 19.3. The first kappa shape index (κ1) is 66.3. The maximum absolute atomic E-state index is 5.21. The molecule has 8 nitrogen and oxygen atoms in total. The summed E-state index contributed by atoms with van der Waals surface area (Å²) in [6, 6.07) is 85.5. The monoisotopic (exact) mass is 1300 g/mol. The first-order valence-corrected chi connectivity index (χ1v) is 34.9. The minimum absolute atomic E-state index is 0.00499. The lowest BCUT2D eigenvalue weighted by atomic mass is 9.81. The zero-order chi connectivity index (χ0) is 70.0. The Labute approximate surface area is 589 Å². The van der Waals surface area contributed by atoms with Crippen LogP contribution in [0.15, 0.2) is 249 Å². The van der Waals surface area contributed by atoms with E-state index in [2.05, 4.69) is 340 Å². The highest BCUT2D eigenvalue weighted by Crippen LogP contribution is 2.49. The van der Waals surface area contributed by atoms with Gasteiger partial charge in [-0.3, -0.25) is 0 Å². The molecule has 0 bridgehead atoms. The molecule has 100 heavy (non-hydrogen) atoms. The van der Waals surface area contributed by atoms with Gasteiger partial charge in [-0.25, -0.2) is 39.9 Å². The molecule has 0 spiro atoms. The van der Waals surface area contributed by atoms with E-state index in [1.54, 1.807) is 0 Å². The first-order valence-electron chi connectivity index (χ1n) is 34.9. The van der Waals surface area contributed by atoms with Crippen molar-refractivity contribution in [3.8, 4) is 124 Å². The molecule has 14 rings (SSSR count). The Morgan fingerprint density at radius 3 is 0.730 bits per heavy atom. The highest BCUT2D eigenvalue weighted by Gasteiger charge is 2.26. The van der Waals surface area contributed by atoms with Gasteiger partial charge in [0.25, 0.3) is 0 Å². The maximum atomic E-state index is 5.21. The van der Waals surface area contributed by atoms with Gasteiger partial charge in [0.2, 0.25) is 0 Å². The molecule has 494 valence electrons. The summed E-state index contributed by atoms with van der Waals surface area (Å²) >= 11 is 0. The Hall–Kier alpha value is -11.0. The van der Waals surface area contributed by atoms with Gasteiger partial charge < -0.3 is 0 Å².